The summed E-state index contributed by atoms with van der Waals surface area (Å²) >= 11 is 0. The van der Waals surface area contributed by atoms with Crippen LogP contribution in [0.1, 0.15) is 28.9 Å². The van der Waals surface area contributed by atoms with Gasteiger partial charge in [-0.15, -0.1) is 0 Å². The van der Waals surface area contributed by atoms with Crippen LogP contribution in [-0.2, 0) is 22.4 Å². The summed E-state index contributed by atoms with van der Waals surface area (Å²) in [5.41, 5.74) is 9.26. The number of aromatic nitrogens is 2. The van der Waals surface area contributed by atoms with Crippen LogP contribution in [0.4, 0.5) is 0 Å². The average Bonchev–Trinajstić information content (AvgIpc) is 2.84. The Morgan fingerprint density at radius 1 is 1.26 bits per heavy atom. The molecule has 0 bridgehead atoms. The summed E-state index contributed by atoms with van der Waals surface area (Å²) in [4.78, 5) is 23.7. The molecule has 2 rings (SSSR count). The number of amides is 2. The topological polar surface area (TPSA) is 101 Å². The maximum atomic E-state index is 12.1. The highest BCUT2D eigenvalue weighted by molar-refractivity contribution is 5.86. The second-order valence-corrected chi connectivity index (χ2v) is 5.62. The molecule has 122 valence electrons. The molecule has 0 saturated carbocycles. The molecule has 1 aromatic heterocycles. The van der Waals surface area contributed by atoms with Crippen LogP contribution in [0.5, 0.6) is 0 Å². The summed E-state index contributed by atoms with van der Waals surface area (Å²) in [6.45, 7) is 3.83. The Balaban J connectivity index is 1.92. The lowest BCUT2D eigenvalue weighted by Crippen LogP contribution is -2.45. The number of carbonyl (C=O) groups is 2. The maximum Gasteiger partial charge on any atom is 0.240 e. The summed E-state index contributed by atoms with van der Waals surface area (Å²) in [5, 5.41) is 9.73. The number of aryl methyl sites for hydroxylation is 2. The second kappa shape index (κ2) is 7.58. The van der Waals surface area contributed by atoms with Crippen molar-refractivity contribution in [3.8, 4) is 0 Å². The van der Waals surface area contributed by atoms with Crippen LogP contribution >= 0.6 is 0 Å². The van der Waals surface area contributed by atoms with Gasteiger partial charge in [-0.1, -0.05) is 30.3 Å². The quantitative estimate of drug-likeness (QED) is 0.715. The molecule has 1 heterocycles. The number of nitrogens with one attached hydrogen (secondary N) is 2. The van der Waals surface area contributed by atoms with E-state index in [4.69, 9.17) is 5.73 Å². The molecule has 2 aromatic rings. The van der Waals surface area contributed by atoms with E-state index in [1.807, 2.05) is 44.2 Å². The van der Waals surface area contributed by atoms with Gasteiger partial charge in [0.05, 0.1) is 5.69 Å². The highest BCUT2D eigenvalue weighted by atomic mass is 16.2. The van der Waals surface area contributed by atoms with Gasteiger partial charge < -0.3 is 11.1 Å². The predicted molar refractivity (Wildman–Crippen MR) is 87.7 cm³/mol. The molecule has 6 heteroatoms. The smallest absolute Gasteiger partial charge is 0.240 e. The van der Waals surface area contributed by atoms with Gasteiger partial charge in [-0.05, 0) is 31.4 Å². The molecular weight excluding hydrogens is 292 g/mol. The fourth-order valence-electron chi connectivity index (χ4n) is 2.52. The van der Waals surface area contributed by atoms with Gasteiger partial charge in [0.2, 0.25) is 11.8 Å². The molecule has 0 radical (unpaired) electrons. The minimum atomic E-state index is -0.698. The van der Waals surface area contributed by atoms with Gasteiger partial charge in [-0.2, -0.15) is 5.10 Å². The van der Waals surface area contributed by atoms with Crippen LogP contribution in [-0.4, -0.2) is 28.1 Å². The molecule has 0 spiro atoms. The molecule has 0 saturated heterocycles. The van der Waals surface area contributed by atoms with Gasteiger partial charge >= 0.3 is 0 Å². The Labute approximate surface area is 135 Å². The van der Waals surface area contributed by atoms with Gasteiger partial charge in [-0.25, -0.2) is 0 Å². The number of carbonyl (C=O) groups excluding carboxylic acids is 2. The number of primary amides is 1. The highest BCUT2D eigenvalue weighted by Crippen LogP contribution is 2.12. The molecule has 0 aliphatic carbocycles. The predicted octanol–water partition coefficient (Wildman–Crippen LogP) is 1.17. The van der Waals surface area contributed by atoms with E-state index in [1.165, 1.54) is 0 Å². The van der Waals surface area contributed by atoms with E-state index in [9.17, 15) is 9.59 Å². The van der Waals surface area contributed by atoms with E-state index >= 15 is 0 Å². The number of hydrogen-bond acceptors (Lipinski definition) is 3. The Hall–Kier alpha value is -2.63. The lowest BCUT2D eigenvalue weighted by Gasteiger charge is -2.15. The Kier molecular flexibility index (Phi) is 5.51. The standard InChI is InChI=1S/C17H22N4O2/c1-11-14(12(2)21-20-11)8-9-16(22)19-15(17(18)23)10-13-6-4-3-5-7-13/h3-7,15H,8-10H2,1-2H3,(H2,18,23)(H,19,22)(H,20,21)/t15-/m0/s1. The first-order valence-corrected chi connectivity index (χ1v) is 7.60. The van der Waals surface area contributed by atoms with Crippen molar-refractivity contribution in [2.24, 2.45) is 5.73 Å². The van der Waals surface area contributed by atoms with E-state index in [-0.39, 0.29) is 5.91 Å². The van der Waals surface area contributed by atoms with Gasteiger partial charge in [0.1, 0.15) is 6.04 Å². The molecule has 4 N–H and O–H groups in total. The van der Waals surface area contributed by atoms with Crippen LogP contribution in [0.15, 0.2) is 30.3 Å². The van der Waals surface area contributed by atoms with Gasteiger partial charge in [0.15, 0.2) is 0 Å². The van der Waals surface area contributed by atoms with Crippen molar-refractivity contribution in [1.82, 2.24) is 15.5 Å². The summed E-state index contributed by atoms with van der Waals surface area (Å²) in [7, 11) is 0. The molecule has 0 unspecified atom stereocenters. The number of benzene rings is 1. The zero-order chi connectivity index (χ0) is 16.8. The monoisotopic (exact) mass is 314 g/mol. The molecule has 1 aromatic carbocycles. The third kappa shape index (κ3) is 4.67. The summed E-state index contributed by atoms with van der Waals surface area (Å²) in [6.07, 6.45) is 1.27. The number of H-pyrrole nitrogens is 1. The summed E-state index contributed by atoms with van der Waals surface area (Å²) in [5.74, 6) is -0.720. The molecule has 6 nitrogen and oxygen atoms in total. The first kappa shape index (κ1) is 16.7. The van der Waals surface area contributed by atoms with Gasteiger partial charge in [0.25, 0.3) is 0 Å². The fraction of sp³-hybridized carbons (Fsp3) is 0.353. The number of hydrogen-bond donors (Lipinski definition) is 3. The summed E-state index contributed by atoms with van der Waals surface area (Å²) in [6, 6.07) is 8.79. The molecule has 2 amide bonds. The van der Waals surface area contributed by atoms with Crippen LogP contribution in [0.2, 0.25) is 0 Å². The number of aromatic amines is 1. The van der Waals surface area contributed by atoms with Crippen LogP contribution in [0, 0.1) is 13.8 Å². The molecule has 0 fully saturated rings. The molecule has 1 atom stereocenters. The van der Waals surface area contributed by atoms with Crippen LogP contribution < -0.4 is 11.1 Å². The Morgan fingerprint density at radius 2 is 1.96 bits per heavy atom. The van der Waals surface area contributed by atoms with Crippen molar-refractivity contribution < 1.29 is 9.59 Å². The van der Waals surface area contributed by atoms with Crippen molar-refractivity contribution in [2.75, 3.05) is 0 Å². The van der Waals surface area contributed by atoms with Gasteiger partial charge in [0, 0.05) is 18.5 Å². The normalized spacial score (nSPS) is 11.9. The van der Waals surface area contributed by atoms with E-state index < -0.39 is 11.9 Å². The first-order valence-electron chi connectivity index (χ1n) is 7.60. The third-order valence-electron chi connectivity index (χ3n) is 3.84. The van der Waals surface area contributed by atoms with Crippen molar-refractivity contribution in [3.63, 3.8) is 0 Å². The number of rotatable bonds is 7. The Morgan fingerprint density at radius 3 is 2.52 bits per heavy atom. The average molecular weight is 314 g/mol. The largest absolute Gasteiger partial charge is 0.368 e. The lowest BCUT2D eigenvalue weighted by atomic mass is 10.0. The highest BCUT2D eigenvalue weighted by Gasteiger charge is 2.19. The number of nitrogens with two attached hydrogens (primary N) is 1. The minimum absolute atomic E-state index is 0.190. The van der Waals surface area contributed by atoms with Crippen molar-refractivity contribution >= 4 is 11.8 Å². The first-order chi connectivity index (χ1) is 11.0. The molecular formula is C17H22N4O2. The van der Waals surface area contributed by atoms with Gasteiger partial charge in [-0.3, -0.25) is 14.7 Å². The molecule has 0 aliphatic rings. The van der Waals surface area contributed by atoms with Crippen molar-refractivity contribution in [2.45, 2.75) is 39.2 Å². The van der Waals surface area contributed by atoms with Crippen LogP contribution in [0.3, 0.4) is 0 Å². The number of nitrogens with zero attached hydrogens (tertiary/aromatic N) is 1. The third-order valence-corrected chi connectivity index (χ3v) is 3.84. The fourth-order valence-corrected chi connectivity index (χ4v) is 2.52. The second-order valence-electron chi connectivity index (χ2n) is 5.62. The van der Waals surface area contributed by atoms with Crippen molar-refractivity contribution in [1.29, 1.82) is 0 Å². The Bertz CT molecular complexity index is 660. The lowest BCUT2D eigenvalue weighted by molar-refractivity contribution is -0.127. The molecule has 0 aliphatic heterocycles. The minimum Gasteiger partial charge on any atom is -0.368 e. The van der Waals surface area contributed by atoms with Crippen LogP contribution in [0.25, 0.3) is 0 Å². The maximum absolute atomic E-state index is 12.1. The SMILES string of the molecule is Cc1n[nH]c(C)c1CCC(=O)N[C@@H](Cc1ccccc1)C(N)=O. The zero-order valence-corrected chi connectivity index (χ0v) is 13.4. The van der Waals surface area contributed by atoms with E-state index in [0.29, 0.717) is 19.3 Å². The molecule has 23 heavy (non-hydrogen) atoms. The van der Waals surface area contributed by atoms with Crippen molar-refractivity contribution in [3.05, 3.63) is 52.8 Å². The van der Waals surface area contributed by atoms with E-state index in [1.54, 1.807) is 0 Å². The van der Waals surface area contributed by atoms with E-state index in [2.05, 4.69) is 15.5 Å². The van der Waals surface area contributed by atoms with E-state index in [0.717, 1.165) is 22.5 Å². The zero-order valence-electron chi connectivity index (χ0n) is 13.4. The summed E-state index contributed by atoms with van der Waals surface area (Å²) < 4.78 is 0.